The first-order valence-corrected chi connectivity index (χ1v) is 5.66. The molecule has 2 heterocycles. The van der Waals surface area contributed by atoms with Crippen LogP contribution in [0, 0.1) is 0 Å². The molecule has 0 aliphatic carbocycles. The SMILES string of the molecule is CC(CN)c1cc2nc(Cl)ccc2s1. The van der Waals surface area contributed by atoms with E-state index >= 15 is 0 Å². The number of fused-ring (bicyclic) bond motifs is 1. The van der Waals surface area contributed by atoms with Gasteiger partial charge in [-0.05, 0) is 24.7 Å². The Morgan fingerprint density at radius 1 is 1.57 bits per heavy atom. The fourth-order valence-corrected chi connectivity index (χ4v) is 2.50. The smallest absolute Gasteiger partial charge is 0.129 e. The quantitative estimate of drug-likeness (QED) is 0.800. The summed E-state index contributed by atoms with van der Waals surface area (Å²) in [5, 5.41) is 0.544. The molecule has 1 unspecified atom stereocenters. The molecule has 0 saturated heterocycles. The van der Waals surface area contributed by atoms with Crippen LogP contribution < -0.4 is 5.73 Å². The van der Waals surface area contributed by atoms with Gasteiger partial charge in [0, 0.05) is 10.8 Å². The normalized spacial score (nSPS) is 13.4. The fourth-order valence-electron chi connectivity index (χ4n) is 1.28. The van der Waals surface area contributed by atoms with Crippen LogP contribution in [0.15, 0.2) is 18.2 Å². The van der Waals surface area contributed by atoms with Crippen LogP contribution in [0.4, 0.5) is 0 Å². The molecule has 2 N–H and O–H groups in total. The summed E-state index contributed by atoms with van der Waals surface area (Å²) in [6.45, 7) is 2.78. The number of thiophene rings is 1. The van der Waals surface area contributed by atoms with Crippen LogP contribution in [-0.2, 0) is 0 Å². The number of nitrogens with zero attached hydrogens (tertiary/aromatic N) is 1. The molecular weight excluding hydrogens is 216 g/mol. The molecule has 2 rings (SSSR count). The zero-order valence-corrected chi connectivity index (χ0v) is 9.40. The number of halogens is 1. The van der Waals surface area contributed by atoms with Gasteiger partial charge < -0.3 is 5.73 Å². The molecule has 0 radical (unpaired) electrons. The fraction of sp³-hybridized carbons (Fsp3) is 0.300. The molecule has 74 valence electrons. The summed E-state index contributed by atoms with van der Waals surface area (Å²) in [4.78, 5) is 5.52. The van der Waals surface area contributed by atoms with Gasteiger partial charge >= 0.3 is 0 Å². The molecule has 2 aromatic rings. The maximum absolute atomic E-state index is 5.81. The molecule has 2 nitrogen and oxygen atoms in total. The van der Waals surface area contributed by atoms with Crippen LogP contribution >= 0.6 is 22.9 Å². The summed E-state index contributed by atoms with van der Waals surface area (Å²) in [6, 6.07) is 5.89. The summed E-state index contributed by atoms with van der Waals surface area (Å²) in [5.74, 6) is 0.396. The molecule has 0 aliphatic heterocycles. The zero-order chi connectivity index (χ0) is 10.1. The predicted octanol–water partition coefficient (Wildman–Crippen LogP) is 3.01. The van der Waals surface area contributed by atoms with Gasteiger partial charge in [0.2, 0.25) is 0 Å². The lowest BCUT2D eigenvalue weighted by Crippen LogP contribution is -2.06. The first-order valence-electron chi connectivity index (χ1n) is 4.46. The lowest BCUT2D eigenvalue weighted by atomic mass is 10.1. The minimum atomic E-state index is 0.396. The third-order valence-electron chi connectivity index (χ3n) is 2.20. The van der Waals surface area contributed by atoms with Gasteiger partial charge in [0.25, 0.3) is 0 Å². The minimum Gasteiger partial charge on any atom is -0.330 e. The van der Waals surface area contributed by atoms with E-state index in [2.05, 4.69) is 18.0 Å². The van der Waals surface area contributed by atoms with E-state index in [9.17, 15) is 0 Å². The van der Waals surface area contributed by atoms with E-state index in [-0.39, 0.29) is 0 Å². The predicted molar refractivity (Wildman–Crippen MR) is 62.1 cm³/mol. The van der Waals surface area contributed by atoms with Crippen molar-refractivity contribution in [1.82, 2.24) is 4.98 Å². The number of hydrogen-bond donors (Lipinski definition) is 1. The molecule has 0 spiro atoms. The van der Waals surface area contributed by atoms with Crippen LogP contribution in [0.2, 0.25) is 5.15 Å². The third kappa shape index (κ3) is 1.75. The average molecular weight is 227 g/mol. The van der Waals surface area contributed by atoms with Crippen molar-refractivity contribution in [3.05, 3.63) is 28.2 Å². The lowest BCUT2D eigenvalue weighted by molar-refractivity contribution is 0.790. The third-order valence-corrected chi connectivity index (χ3v) is 3.73. The van der Waals surface area contributed by atoms with Crippen LogP contribution in [0.1, 0.15) is 17.7 Å². The molecule has 0 aliphatic rings. The second-order valence-electron chi connectivity index (χ2n) is 3.30. The maximum Gasteiger partial charge on any atom is 0.129 e. The Balaban J connectivity index is 2.51. The molecule has 0 bridgehead atoms. The Hall–Kier alpha value is -0.640. The van der Waals surface area contributed by atoms with E-state index in [1.807, 2.05) is 12.1 Å². The number of hydrogen-bond acceptors (Lipinski definition) is 3. The van der Waals surface area contributed by atoms with Crippen molar-refractivity contribution in [3.63, 3.8) is 0 Å². The highest BCUT2D eigenvalue weighted by Gasteiger charge is 2.08. The van der Waals surface area contributed by atoms with Crippen molar-refractivity contribution in [2.75, 3.05) is 6.54 Å². The first-order chi connectivity index (χ1) is 6.70. The molecule has 2 aromatic heterocycles. The summed E-state index contributed by atoms with van der Waals surface area (Å²) < 4.78 is 1.17. The summed E-state index contributed by atoms with van der Waals surface area (Å²) >= 11 is 7.55. The molecule has 4 heteroatoms. The summed E-state index contributed by atoms with van der Waals surface area (Å²) in [7, 11) is 0. The summed E-state index contributed by atoms with van der Waals surface area (Å²) in [5.41, 5.74) is 6.59. The lowest BCUT2D eigenvalue weighted by Gasteiger charge is -2.02. The molecule has 0 amide bonds. The van der Waals surface area contributed by atoms with Gasteiger partial charge in [0.1, 0.15) is 5.15 Å². The van der Waals surface area contributed by atoms with Gasteiger partial charge in [0.05, 0.1) is 10.2 Å². The van der Waals surface area contributed by atoms with E-state index in [4.69, 9.17) is 17.3 Å². The zero-order valence-electron chi connectivity index (χ0n) is 7.83. The van der Waals surface area contributed by atoms with Gasteiger partial charge in [-0.2, -0.15) is 0 Å². The second-order valence-corrected chi connectivity index (χ2v) is 4.81. The van der Waals surface area contributed by atoms with Crippen molar-refractivity contribution in [1.29, 1.82) is 0 Å². The Kier molecular flexibility index (Phi) is 2.72. The molecule has 0 saturated carbocycles. The number of nitrogens with two attached hydrogens (primary N) is 1. The van der Waals surface area contributed by atoms with Gasteiger partial charge in [0.15, 0.2) is 0 Å². The molecule has 14 heavy (non-hydrogen) atoms. The Morgan fingerprint density at radius 2 is 2.36 bits per heavy atom. The van der Waals surface area contributed by atoms with Crippen LogP contribution in [-0.4, -0.2) is 11.5 Å². The van der Waals surface area contributed by atoms with Crippen molar-refractivity contribution >= 4 is 33.2 Å². The average Bonchev–Trinajstić information content (AvgIpc) is 2.59. The standard InChI is InChI=1S/C10H11ClN2S/c1-6(5-12)9-4-7-8(14-9)2-3-10(11)13-7/h2-4,6H,5,12H2,1H3. The highest BCUT2D eigenvalue weighted by Crippen LogP contribution is 2.30. The molecular formula is C10H11ClN2S. The maximum atomic E-state index is 5.81. The van der Waals surface area contributed by atoms with Gasteiger partial charge in [-0.15, -0.1) is 11.3 Å². The van der Waals surface area contributed by atoms with Gasteiger partial charge in [-0.25, -0.2) is 4.98 Å². The van der Waals surface area contributed by atoms with Gasteiger partial charge in [-0.1, -0.05) is 18.5 Å². The highest BCUT2D eigenvalue weighted by atomic mass is 35.5. The minimum absolute atomic E-state index is 0.396. The largest absolute Gasteiger partial charge is 0.330 e. The Morgan fingerprint density at radius 3 is 3.07 bits per heavy atom. The monoisotopic (exact) mass is 226 g/mol. The highest BCUT2D eigenvalue weighted by molar-refractivity contribution is 7.19. The van der Waals surface area contributed by atoms with Crippen molar-refractivity contribution in [2.24, 2.45) is 5.73 Å². The summed E-state index contributed by atoms with van der Waals surface area (Å²) in [6.07, 6.45) is 0. The second kappa shape index (κ2) is 3.85. The first kappa shape index (κ1) is 9.90. The van der Waals surface area contributed by atoms with Crippen LogP contribution in [0.25, 0.3) is 10.2 Å². The molecule has 1 atom stereocenters. The van der Waals surface area contributed by atoms with Crippen molar-refractivity contribution in [3.8, 4) is 0 Å². The topological polar surface area (TPSA) is 38.9 Å². The number of aromatic nitrogens is 1. The van der Waals surface area contributed by atoms with E-state index < -0.39 is 0 Å². The van der Waals surface area contributed by atoms with E-state index in [0.29, 0.717) is 17.6 Å². The Bertz CT molecular complexity index is 452. The number of pyridine rings is 1. The number of rotatable bonds is 2. The van der Waals surface area contributed by atoms with Crippen molar-refractivity contribution in [2.45, 2.75) is 12.8 Å². The van der Waals surface area contributed by atoms with Crippen LogP contribution in [0.5, 0.6) is 0 Å². The van der Waals surface area contributed by atoms with Gasteiger partial charge in [-0.3, -0.25) is 0 Å². The Labute approximate surface area is 91.7 Å². The van der Waals surface area contributed by atoms with E-state index in [1.165, 1.54) is 9.58 Å². The molecule has 0 fully saturated rings. The molecule has 0 aromatic carbocycles. The van der Waals surface area contributed by atoms with Crippen molar-refractivity contribution < 1.29 is 0 Å². The van der Waals surface area contributed by atoms with Crippen LogP contribution in [0.3, 0.4) is 0 Å². The van der Waals surface area contributed by atoms with E-state index in [0.717, 1.165) is 5.52 Å². The van der Waals surface area contributed by atoms with E-state index in [1.54, 1.807) is 11.3 Å².